The lowest BCUT2D eigenvalue weighted by molar-refractivity contribution is 0.0659. The average molecular weight is 367 g/mol. The predicted octanol–water partition coefficient (Wildman–Crippen LogP) is 4.23. The zero-order valence-electron chi connectivity index (χ0n) is 15.6. The zero-order valence-corrected chi connectivity index (χ0v) is 16.4. The maximum atomic E-state index is 12.9. The van der Waals surface area contributed by atoms with E-state index in [1.165, 1.54) is 30.6 Å². The maximum absolute atomic E-state index is 12.9. The third-order valence-electron chi connectivity index (χ3n) is 4.39. The predicted molar refractivity (Wildman–Crippen MR) is 102 cm³/mol. The van der Waals surface area contributed by atoms with Crippen LogP contribution < -0.4 is 4.90 Å². The van der Waals surface area contributed by atoms with E-state index in [4.69, 9.17) is 4.74 Å². The fourth-order valence-electron chi connectivity index (χ4n) is 2.95. The van der Waals surface area contributed by atoms with E-state index in [9.17, 15) is 4.79 Å². The number of anilines is 1. The molecular formula is C18H30N4O2S. The van der Waals surface area contributed by atoms with Crippen LogP contribution in [0.15, 0.2) is 12.2 Å². The van der Waals surface area contributed by atoms with Crippen molar-refractivity contribution in [3.05, 3.63) is 17.2 Å². The highest BCUT2D eigenvalue weighted by Gasteiger charge is 2.36. The number of unbranched alkanes of at least 4 members (excludes halogenated alkanes) is 3. The van der Waals surface area contributed by atoms with Crippen molar-refractivity contribution in [2.45, 2.75) is 65.0 Å². The minimum atomic E-state index is -0.258. The van der Waals surface area contributed by atoms with Crippen molar-refractivity contribution in [1.82, 2.24) is 15.1 Å². The Labute approximate surface area is 154 Å². The van der Waals surface area contributed by atoms with Crippen LogP contribution in [0.1, 0.15) is 57.4 Å². The average Bonchev–Trinajstić information content (AvgIpc) is 3.08. The summed E-state index contributed by atoms with van der Waals surface area (Å²) in [5.41, 5.74) is 0. The first-order valence-corrected chi connectivity index (χ1v) is 10.1. The van der Waals surface area contributed by atoms with Crippen LogP contribution in [0.5, 0.6) is 0 Å². The minimum absolute atomic E-state index is 0.0312. The lowest BCUT2D eigenvalue weighted by Gasteiger charge is -2.38. The van der Waals surface area contributed by atoms with Crippen molar-refractivity contribution in [3.8, 4) is 0 Å². The minimum Gasteiger partial charge on any atom is -0.361 e. The lowest BCUT2D eigenvalue weighted by atomic mass is 10.2. The molecule has 2 rings (SSSR count). The molecule has 7 heteroatoms. The molecule has 1 aromatic heterocycles. The van der Waals surface area contributed by atoms with Gasteiger partial charge in [0.1, 0.15) is 11.2 Å². The van der Waals surface area contributed by atoms with Gasteiger partial charge in [0.05, 0.1) is 0 Å². The molecule has 1 saturated heterocycles. The number of urea groups is 1. The van der Waals surface area contributed by atoms with Gasteiger partial charge in [-0.05, 0) is 19.8 Å². The maximum Gasteiger partial charge on any atom is 0.328 e. The SMILES string of the molecule is CC=CCCN1CCC(OC)N(c2nnc(CCCCCC)s2)C1=O. The summed E-state index contributed by atoms with van der Waals surface area (Å²) in [6.07, 6.45) is 11.2. The molecule has 0 bridgehead atoms. The number of aryl methyl sites for hydroxylation is 1. The van der Waals surface area contributed by atoms with Crippen molar-refractivity contribution < 1.29 is 9.53 Å². The number of aromatic nitrogens is 2. The summed E-state index contributed by atoms with van der Waals surface area (Å²) in [4.78, 5) is 16.4. The molecule has 1 aliphatic rings. The number of methoxy groups -OCH3 is 1. The molecule has 0 N–H and O–H groups in total. The molecule has 140 valence electrons. The highest BCUT2D eigenvalue weighted by molar-refractivity contribution is 7.15. The van der Waals surface area contributed by atoms with Gasteiger partial charge in [-0.1, -0.05) is 49.7 Å². The van der Waals surface area contributed by atoms with Crippen LogP contribution in [0, 0.1) is 0 Å². The number of carbonyl (C=O) groups is 1. The summed E-state index contributed by atoms with van der Waals surface area (Å²) in [5.74, 6) is 0. The first-order chi connectivity index (χ1) is 12.2. The van der Waals surface area contributed by atoms with E-state index in [2.05, 4.69) is 23.2 Å². The van der Waals surface area contributed by atoms with E-state index < -0.39 is 0 Å². The Morgan fingerprint density at radius 1 is 1.32 bits per heavy atom. The summed E-state index contributed by atoms with van der Waals surface area (Å²) < 4.78 is 5.53. The third kappa shape index (κ3) is 5.51. The molecule has 6 nitrogen and oxygen atoms in total. The van der Waals surface area contributed by atoms with Gasteiger partial charge in [-0.15, -0.1) is 10.2 Å². The normalized spacial score (nSPS) is 18.5. The molecule has 0 saturated carbocycles. The number of amides is 2. The molecule has 1 aliphatic heterocycles. The Balaban J connectivity index is 2.02. The van der Waals surface area contributed by atoms with Gasteiger partial charge in [-0.2, -0.15) is 0 Å². The van der Waals surface area contributed by atoms with Crippen molar-refractivity contribution in [2.24, 2.45) is 0 Å². The largest absolute Gasteiger partial charge is 0.361 e. The monoisotopic (exact) mass is 366 g/mol. The summed E-state index contributed by atoms with van der Waals surface area (Å²) in [6, 6.07) is -0.0312. The highest BCUT2D eigenvalue weighted by atomic mass is 32.1. The van der Waals surface area contributed by atoms with Crippen LogP contribution >= 0.6 is 11.3 Å². The number of hydrogen-bond donors (Lipinski definition) is 0. The van der Waals surface area contributed by atoms with Gasteiger partial charge in [-0.25, -0.2) is 9.69 Å². The third-order valence-corrected chi connectivity index (χ3v) is 5.37. The number of nitrogens with zero attached hydrogens (tertiary/aromatic N) is 4. The van der Waals surface area contributed by atoms with E-state index >= 15 is 0 Å². The Bertz CT molecular complexity index is 561. The van der Waals surface area contributed by atoms with Gasteiger partial charge < -0.3 is 9.64 Å². The number of carbonyl (C=O) groups excluding carboxylic acids is 1. The Hall–Kier alpha value is -1.47. The van der Waals surface area contributed by atoms with E-state index in [-0.39, 0.29) is 12.3 Å². The van der Waals surface area contributed by atoms with Gasteiger partial charge >= 0.3 is 6.03 Å². The van der Waals surface area contributed by atoms with Gasteiger partial charge in [0.15, 0.2) is 0 Å². The van der Waals surface area contributed by atoms with E-state index in [0.717, 1.165) is 37.2 Å². The quantitative estimate of drug-likeness (QED) is 0.459. The Kier molecular flexibility index (Phi) is 8.34. The summed E-state index contributed by atoms with van der Waals surface area (Å²) >= 11 is 1.51. The van der Waals surface area contributed by atoms with E-state index in [1.54, 1.807) is 12.0 Å². The van der Waals surface area contributed by atoms with Gasteiger partial charge in [0.2, 0.25) is 5.13 Å². The van der Waals surface area contributed by atoms with Gasteiger partial charge in [-0.3, -0.25) is 0 Å². The second kappa shape index (κ2) is 10.5. The fraction of sp³-hybridized carbons (Fsp3) is 0.722. The standard InChI is InChI=1S/C18H30N4O2S/c1-4-6-8-9-11-15-19-20-17(25-15)22-16(24-3)12-14-21(18(22)23)13-10-7-5-2/h5,7,16H,4,6,8-14H2,1-3H3. The molecule has 0 aromatic carbocycles. The molecular weight excluding hydrogens is 336 g/mol. The Morgan fingerprint density at radius 2 is 2.16 bits per heavy atom. The number of ether oxygens (including phenoxy) is 1. The summed E-state index contributed by atoms with van der Waals surface area (Å²) in [7, 11) is 1.65. The van der Waals surface area contributed by atoms with Crippen LogP contribution in [0.25, 0.3) is 0 Å². The van der Waals surface area contributed by atoms with E-state index in [1.807, 2.05) is 17.9 Å². The Morgan fingerprint density at radius 3 is 2.88 bits per heavy atom. The van der Waals surface area contributed by atoms with Crippen molar-refractivity contribution >= 4 is 22.5 Å². The van der Waals surface area contributed by atoms with Crippen LogP contribution in [-0.4, -0.2) is 47.6 Å². The topological polar surface area (TPSA) is 58.6 Å². The molecule has 1 aromatic rings. The highest BCUT2D eigenvalue weighted by Crippen LogP contribution is 2.29. The van der Waals surface area contributed by atoms with Crippen LogP contribution in [0.4, 0.5) is 9.93 Å². The molecule has 2 heterocycles. The smallest absolute Gasteiger partial charge is 0.328 e. The number of allylic oxidation sites excluding steroid dienone is 1. The second-order valence-electron chi connectivity index (χ2n) is 6.27. The lowest BCUT2D eigenvalue weighted by Crippen LogP contribution is -2.55. The molecule has 1 fully saturated rings. The van der Waals surface area contributed by atoms with Crippen molar-refractivity contribution in [3.63, 3.8) is 0 Å². The molecule has 1 unspecified atom stereocenters. The molecule has 0 aliphatic carbocycles. The molecule has 25 heavy (non-hydrogen) atoms. The fourth-order valence-corrected chi connectivity index (χ4v) is 3.86. The first-order valence-electron chi connectivity index (χ1n) is 9.25. The van der Waals surface area contributed by atoms with Crippen molar-refractivity contribution in [1.29, 1.82) is 0 Å². The van der Waals surface area contributed by atoms with Crippen LogP contribution in [0.2, 0.25) is 0 Å². The summed E-state index contributed by atoms with van der Waals surface area (Å²) in [6.45, 7) is 5.64. The zero-order chi connectivity index (χ0) is 18.1. The van der Waals surface area contributed by atoms with Crippen LogP contribution in [-0.2, 0) is 11.2 Å². The summed E-state index contributed by atoms with van der Waals surface area (Å²) in [5, 5.41) is 10.2. The molecule has 0 radical (unpaired) electrons. The second-order valence-corrected chi connectivity index (χ2v) is 7.31. The molecule has 2 amide bonds. The molecule has 0 spiro atoms. The molecule has 1 atom stereocenters. The number of hydrogen-bond acceptors (Lipinski definition) is 5. The van der Waals surface area contributed by atoms with Crippen LogP contribution in [0.3, 0.4) is 0 Å². The first kappa shape index (κ1) is 19.8. The van der Waals surface area contributed by atoms with Crippen molar-refractivity contribution in [2.75, 3.05) is 25.1 Å². The number of rotatable bonds is 10. The van der Waals surface area contributed by atoms with Gasteiger partial charge in [0.25, 0.3) is 0 Å². The van der Waals surface area contributed by atoms with E-state index in [0.29, 0.717) is 11.7 Å². The van der Waals surface area contributed by atoms with Gasteiger partial charge in [0, 0.05) is 33.0 Å².